The van der Waals surface area contributed by atoms with Crippen molar-refractivity contribution in [2.75, 3.05) is 26.9 Å². The molecule has 1 aromatic carbocycles. The summed E-state index contributed by atoms with van der Waals surface area (Å²) in [6, 6.07) is 3.48. The first kappa shape index (κ1) is 18.2. The van der Waals surface area contributed by atoms with Crippen molar-refractivity contribution in [1.29, 1.82) is 0 Å². The van der Waals surface area contributed by atoms with Crippen molar-refractivity contribution >= 4 is 10.0 Å². The van der Waals surface area contributed by atoms with E-state index in [0.717, 1.165) is 30.4 Å². The maximum absolute atomic E-state index is 13.2. The van der Waals surface area contributed by atoms with Gasteiger partial charge in [-0.05, 0) is 56.9 Å². The van der Waals surface area contributed by atoms with Gasteiger partial charge in [-0.15, -0.1) is 0 Å². The number of hydrogen-bond acceptors (Lipinski definition) is 4. The molecule has 0 aromatic heterocycles. The van der Waals surface area contributed by atoms with E-state index >= 15 is 0 Å². The largest absolute Gasteiger partial charge is 0.497 e. The summed E-state index contributed by atoms with van der Waals surface area (Å²) in [7, 11) is -1.94. The number of sulfonamides is 1. The van der Waals surface area contributed by atoms with Gasteiger partial charge in [0.05, 0.1) is 18.6 Å². The lowest BCUT2D eigenvalue weighted by Crippen LogP contribution is -2.46. The van der Waals surface area contributed by atoms with Gasteiger partial charge in [-0.3, -0.25) is 0 Å². The molecule has 0 aliphatic carbocycles. The number of ether oxygens (including phenoxy) is 2. The third-order valence-electron chi connectivity index (χ3n) is 4.32. The van der Waals surface area contributed by atoms with Crippen LogP contribution in [0.4, 0.5) is 0 Å². The topological polar surface area (TPSA) is 55.8 Å². The highest BCUT2D eigenvalue weighted by molar-refractivity contribution is 7.89. The Kier molecular flexibility index (Phi) is 6.06. The molecule has 1 aliphatic rings. The third-order valence-corrected chi connectivity index (χ3v) is 6.58. The molecule has 0 amide bonds. The fourth-order valence-corrected chi connectivity index (χ4v) is 5.36. The summed E-state index contributed by atoms with van der Waals surface area (Å²) in [5, 5.41) is 0. The van der Waals surface area contributed by atoms with Crippen LogP contribution in [0.25, 0.3) is 0 Å². The second-order valence-corrected chi connectivity index (χ2v) is 7.84. The van der Waals surface area contributed by atoms with Gasteiger partial charge in [0, 0.05) is 19.2 Å². The van der Waals surface area contributed by atoms with E-state index in [2.05, 4.69) is 0 Å². The zero-order valence-electron chi connectivity index (χ0n) is 14.5. The molecule has 0 spiro atoms. The van der Waals surface area contributed by atoms with E-state index in [0.29, 0.717) is 30.4 Å². The Hall–Kier alpha value is -1.11. The van der Waals surface area contributed by atoms with Gasteiger partial charge in [0.2, 0.25) is 10.0 Å². The van der Waals surface area contributed by atoms with Crippen LogP contribution in [0, 0.1) is 13.8 Å². The summed E-state index contributed by atoms with van der Waals surface area (Å²) in [5.41, 5.74) is 1.45. The highest BCUT2D eigenvalue weighted by atomic mass is 32.2. The Balaban J connectivity index is 2.40. The highest BCUT2D eigenvalue weighted by Crippen LogP contribution is 2.31. The van der Waals surface area contributed by atoms with Crippen LogP contribution in [0.2, 0.25) is 0 Å². The van der Waals surface area contributed by atoms with Crippen LogP contribution in [-0.2, 0) is 14.8 Å². The molecule has 5 nitrogen and oxygen atoms in total. The number of piperidine rings is 1. The summed E-state index contributed by atoms with van der Waals surface area (Å²) in [5.74, 6) is 0.684. The van der Waals surface area contributed by atoms with Crippen molar-refractivity contribution in [2.24, 2.45) is 0 Å². The summed E-state index contributed by atoms with van der Waals surface area (Å²) >= 11 is 0. The molecule has 0 N–H and O–H groups in total. The van der Waals surface area contributed by atoms with Crippen LogP contribution in [0.5, 0.6) is 5.75 Å². The van der Waals surface area contributed by atoms with E-state index in [1.165, 1.54) is 0 Å². The second-order valence-electron chi connectivity index (χ2n) is 6.02. The van der Waals surface area contributed by atoms with E-state index in [9.17, 15) is 8.42 Å². The summed E-state index contributed by atoms with van der Waals surface area (Å²) < 4.78 is 38.8. The smallest absolute Gasteiger partial charge is 0.243 e. The summed E-state index contributed by atoms with van der Waals surface area (Å²) in [6.45, 7) is 7.20. The van der Waals surface area contributed by atoms with Crippen molar-refractivity contribution in [1.82, 2.24) is 4.31 Å². The van der Waals surface area contributed by atoms with Gasteiger partial charge in [0.25, 0.3) is 0 Å². The third kappa shape index (κ3) is 3.87. The molecule has 1 atom stereocenters. The molecule has 1 fully saturated rings. The van der Waals surface area contributed by atoms with E-state index in [4.69, 9.17) is 9.47 Å². The summed E-state index contributed by atoms with van der Waals surface area (Å²) in [4.78, 5) is 0.404. The molecule has 1 unspecified atom stereocenters. The molecule has 1 aliphatic heterocycles. The molecule has 1 heterocycles. The second kappa shape index (κ2) is 7.64. The molecule has 1 saturated heterocycles. The van der Waals surface area contributed by atoms with Gasteiger partial charge in [-0.25, -0.2) is 8.42 Å². The monoisotopic (exact) mass is 341 g/mol. The molecule has 2 rings (SSSR count). The Morgan fingerprint density at radius 3 is 2.43 bits per heavy atom. The number of benzene rings is 1. The van der Waals surface area contributed by atoms with Crippen LogP contribution in [0.1, 0.15) is 37.3 Å². The number of nitrogens with zero attached hydrogens (tertiary/aromatic N) is 1. The number of methoxy groups -OCH3 is 1. The molecule has 0 saturated carbocycles. The normalized spacial score (nSPS) is 19.7. The number of aryl methyl sites for hydroxylation is 2. The lowest BCUT2D eigenvalue weighted by molar-refractivity contribution is 0.0826. The van der Waals surface area contributed by atoms with Crippen molar-refractivity contribution in [3.8, 4) is 5.75 Å². The van der Waals surface area contributed by atoms with E-state index < -0.39 is 10.0 Å². The zero-order chi connectivity index (χ0) is 17.0. The van der Waals surface area contributed by atoms with Gasteiger partial charge >= 0.3 is 0 Å². The first-order chi connectivity index (χ1) is 10.9. The minimum absolute atomic E-state index is 0.0744. The van der Waals surface area contributed by atoms with Crippen molar-refractivity contribution in [2.45, 2.75) is 51.0 Å². The molecule has 1 aromatic rings. The molecular weight excluding hydrogens is 314 g/mol. The summed E-state index contributed by atoms with van der Waals surface area (Å²) in [6.07, 6.45) is 2.80. The van der Waals surface area contributed by atoms with Gasteiger partial charge in [0.15, 0.2) is 0 Å². The standard InChI is InChI=1S/C17H27NO4S/c1-5-22-12-15-8-6-7-9-18(15)23(19,20)17-13(2)10-16(21-4)11-14(17)3/h10-11,15H,5-9,12H2,1-4H3. The molecule has 130 valence electrons. The van der Waals surface area contributed by atoms with Gasteiger partial charge < -0.3 is 9.47 Å². The van der Waals surface area contributed by atoms with E-state index in [1.54, 1.807) is 23.5 Å². The predicted octanol–water partition coefficient (Wildman–Crippen LogP) is 2.89. The molecule has 23 heavy (non-hydrogen) atoms. The van der Waals surface area contributed by atoms with E-state index in [-0.39, 0.29) is 6.04 Å². The fraction of sp³-hybridized carbons (Fsp3) is 0.647. The minimum Gasteiger partial charge on any atom is -0.497 e. The van der Waals surface area contributed by atoms with Crippen molar-refractivity contribution in [3.05, 3.63) is 23.3 Å². The Bertz CT molecular complexity index is 619. The molecule has 0 radical (unpaired) electrons. The van der Waals surface area contributed by atoms with Crippen molar-refractivity contribution < 1.29 is 17.9 Å². The average Bonchev–Trinajstić information content (AvgIpc) is 2.52. The van der Waals surface area contributed by atoms with Crippen LogP contribution < -0.4 is 4.74 Å². The van der Waals surface area contributed by atoms with Crippen LogP contribution >= 0.6 is 0 Å². The quantitative estimate of drug-likeness (QED) is 0.798. The molecule has 0 bridgehead atoms. The lowest BCUT2D eigenvalue weighted by atomic mass is 10.1. The zero-order valence-corrected chi connectivity index (χ0v) is 15.3. The predicted molar refractivity (Wildman–Crippen MR) is 90.5 cm³/mol. The maximum Gasteiger partial charge on any atom is 0.243 e. The Morgan fingerprint density at radius 2 is 1.87 bits per heavy atom. The van der Waals surface area contributed by atoms with Crippen LogP contribution in [0.3, 0.4) is 0 Å². The average molecular weight is 341 g/mol. The van der Waals surface area contributed by atoms with Gasteiger partial charge in [-0.1, -0.05) is 6.42 Å². The number of hydrogen-bond donors (Lipinski definition) is 0. The first-order valence-electron chi connectivity index (χ1n) is 8.16. The first-order valence-corrected chi connectivity index (χ1v) is 9.60. The van der Waals surface area contributed by atoms with Crippen LogP contribution in [-0.4, -0.2) is 45.6 Å². The van der Waals surface area contributed by atoms with E-state index in [1.807, 2.05) is 20.8 Å². The lowest BCUT2D eigenvalue weighted by Gasteiger charge is -2.35. The maximum atomic E-state index is 13.2. The number of rotatable bonds is 6. The fourth-order valence-electron chi connectivity index (χ4n) is 3.26. The van der Waals surface area contributed by atoms with Crippen LogP contribution in [0.15, 0.2) is 17.0 Å². The Morgan fingerprint density at radius 1 is 1.22 bits per heavy atom. The van der Waals surface area contributed by atoms with Crippen molar-refractivity contribution in [3.63, 3.8) is 0 Å². The highest BCUT2D eigenvalue weighted by Gasteiger charge is 2.35. The van der Waals surface area contributed by atoms with Gasteiger partial charge in [0.1, 0.15) is 5.75 Å². The van der Waals surface area contributed by atoms with Gasteiger partial charge in [-0.2, -0.15) is 4.31 Å². The minimum atomic E-state index is -3.53. The SMILES string of the molecule is CCOCC1CCCCN1S(=O)(=O)c1c(C)cc(OC)cc1C. The molecule has 6 heteroatoms. The molecular formula is C17H27NO4S. The Labute approximate surface area is 139 Å².